The molecule has 0 radical (unpaired) electrons. The normalized spacial score (nSPS) is 20.4. The summed E-state index contributed by atoms with van der Waals surface area (Å²) in [7, 11) is 2.15. The minimum absolute atomic E-state index is 0.315. The van der Waals surface area contributed by atoms with Crippen molar-refractivity contribution in [1.29, 1.82) is 0 Å². The summed E-state index contributed by atoms with van der Waals surface area (Å²) in [5.41, 5.74) is 3.14. The van der Waals surface area contributed by atoms with Crippen molar-refractivity contribution in [3.8, 4) is 5.82 Å². The van der Waals surface area contributed by atoms with Gasteiger partial charge in [-0.25, -0.2) is 14.4 Å². The van der Waals surface area contributed by atoms with Crippen molar-refractivity contribution in [2.24, 2.45) is 0 Å². The number of nitrogens with zero attached hydrogens (tertiary/aromatic N) is 6. The third kappa shape index (κ3) is 4.00. The van der Waals surface area contributed by atoms with Crippen LogP contribution in [0.2, 0.25) is 0 Å². The summed E-state index contributed by atoms with van der Waals surface area (Å²) in [5.74, 6) is 0.468. The first-order chi connectivity index (χ1) is 16.9. The molecule has 8 nitrogen and oxygen atoms in total. The number of aromatic nitrogens is 4. The van der Waals surface area contributed by atoms with Gasteiger partial charge in [0.2, 0.25) is 5.95 Å². The predicted octanol–water partition coefficient (Wildman–Crippen LogP) is 3.60. The average molecular weight is 474 g/mol. The molecule has 6 rings (SSSR count). The quantitative estimate of drug-likeness (QED) is 0.469. The Bertz CT molecular complexity index is 1390. The van der Waals surface area contributed by atoms with E-state index in [1.54, 1.807) is 11.5 Å². The third-order valence-electron chi connectivity index (χ3n) is 7.09. The van der Waals surface area contributed by atoms with Crippen molar-refractivity contribution in [2.75, 3.05) is 43.4 Å². The molecule has 1 aliphatic heterocycles. The number of pyridine rings is 1. The zero-order valence-electron chi connectivity index (χ0n) is 19.9. The first-order valence-corrected chi connectivity index (χ1v) is 11.9. The molecule has 1 atom stereocenters. The standard InChI is InChI=1S/C26H28FN7O/c1-26(35)10-9-17-3-8-22(30-23(17)26)34-16-21(27)20-15-28-25(31-24(20)34)29-18-4-6-19(7-5-18)33-13-11-32(2)12-14-33/h3-8,15-16,35H,9-14H2,1-2H3,(H,28,29,31)/t26-/m1/s1. The number of halogens is 1. The Morgan fingerprint density at radius 2 is 1.80 bits per heavy atom. The highest BCUT2D eigenvalue weighted by atomic mass is 19.1. The van der Waals surface area contributed by atoms with Gasteiger partial charge in [-0.15, -0.1) is 0 Å². The molecular weight excluding hydrogens is 445 g/mol. The van der Waals surface area contributed by atoms with Gasteiger partial charge in [-0.3, -0.25) is 4.57 Å². The maximum atomic E-state index is 14.7. The molecule has 2 aliphatic rings. The lowest BCUT2D eigenvalue weighted by Crippen LogP contribution is -2.44. The van der Waals surface area contributed by atoms with Gasteiger partial charge >= 0.3 is 0 Å². The van der Waals surface area contributed by atoms with E-state index in [4.69, 9.17) is 0 Å². The number of aliphatic hydroxyl groups is 1. The predicted molar refractivity (Wildman–Crippen MR) is 134 cm³/mol. The summed E-state index contributed by atoms with van der Waals surface area (Å²) in [6.07, 6.45) is 4.26. The number of benzene rings is 1. The molecule has 1 fully saturated rings. The number of hydrogen-bond donors (Lipinski definition) is 2. The van der Waals surface area contributed by atoms with E-state index in [-0.39, 0.29) is 0 Å². The van der Waals surface area contributed by atoms with E-state index in [1.807, 2.05) is 24.3 Å². The number of aryl methyl sites for hydroxylation is 1. The third-order valence-corrected chi connectivity index (χ3v) is 7.09. The number of likely N-dealkylation sites (N-methyl/N-ethyl adjacent to an activating group) is 1. The van der Waals surface area contributed by atoms with E-state index >= 15 is 0 Å². The van der Waals surface area contributed by atoms with Gasteiger partial charge in [-0.1, -0.05) is 6.07 Å². The SMILES string of the molecule is CN1CCN(c2ccc(Nc3ncc4c(F)cn(-c5ccc6c(n5)[C@](C)(O)CC6)c4n3)cc2)CC1. The van der Waals surface area contributed by atoms with Crippen molar-refractivity contribution < 1.29 is 9.50 Å². The van der Waals surface area contributed by atoms with Crippen LogP contribution in [0.1, 0.15) is 24.6 Å². The van der Waals surface area contributed by atoms with Gasteiger partial charge < -0.3 is 20.2 Å². The van der Waals surface area contributed by atoms with Crippen LogP contribution in [0.15, 0.2) is 48.8 Å². The van der Waals surface area contributed by atoms with Crippen LogP contribution in [0.3, 0.4) is 0 Å². The second-order valence-electron chi connectivity index (χ2n) is 9.69. The van der Waals surface area contributed by atoms with Crippen LogP contribution in [0, 0.1) is 5.82 Å². The molecule has 0 bridgehead atoms. The maximum Gasteiger partial charge on any atom is 0.229 e. The van der Waals surface area contributed by atoms with E-state index in [1.165, 1.54) is 18.1 Å². The summed E-state index contributed by atoms with van der Waals surface area (Å²) in [5, 5.41) is 14.2. The summed E-state index contributed by atoms with van der Waals surface area (Å²) in [6.45, 7) is 5.90. The van der Waals surface area contributed by atoms with Crippen molar-refractivity contribution >= 4 is 28.4 Å². The van der Waals surface area contributed by atoms with Gasteiger partial charge in [0.25, 0.3) is 0 Å². The van der Waals surface area contributed by atoms with Crippen LogP contribution < -0.4 is 10.2 Å². The Morgan fingerprint density at radius 3 is 2.57 bits per heavy atom. The van der Waals surface area contributed by atoms with E-state index in [0.29, 0.717) is 34.9 Å². The van der Waals surface area contributed by atoms with Crippen LogP contribution >= 0.6 is 0 Å². The molecule has 35 heavy (non-hydrogen) atoms. The maximum absolute atomic E-state index is 14.7. The second kappa shape index (κ2) is 8.28. The fourth-order valence-electron chi connectivity index (χ4n) is 4.93. The fourth-order valence-corrected chi connectivity index (χ4v) is 4.93. The summed E-state index contributed by atoms with van der Waals surface area (Å²) < 4.78 is 16.3. The van der Waals surface area contributed by atoms with E-state index in [2.05, 4.69) is 49.2 Å². The minimum atomic E-state index is -0.981. The van der Waals surface area contributed by atoms with Crippen molar-refractivity contribution in [2.45, 2.75) is 25.4 Å². The Hall–Kier alpha value is -3.56. The Kier molecular flexibility index (Phi) is 5.19. The molecule has 0 amide bonds. The molecule has 1 aliphatic carbocycles. The summed E-state index contributed by atoms with van der Waals surface area (Å²) in [6, 6.07) is 12.0. The van der Waals surface area contributed by atoms with Gasteiger partial charge in [0.15, 0.2) is 11.5 Å². The minimum Gasteiger partial charge on any atom is -0.384 e. The van der Waals surface area contributed by atoms with Gasteiger partial charge in [-0.2, -0.15) is 4.98 Å². The Balaban J connectivity index is 1.28. The number of hydrogen-bond acceptors (Lipinski definition) is 7. The van der Waals surface area contributed by atoms with Crippen molar-refractivity contribution in [3.05, 3.63) is 65.9 Å². The molecule has 2 N–H and O–H groups in total. The Morgan fingerprint density at radius 1 is 1.03 bits per heavy atom. The topological polar surface area (TPSA) is 82.3 Å². The van der Waals surface area contributed by atoms with E-state index in [9.17, 15) is 9.50 Å². The first kappa shape index (κ1) is 21.9. The van der Waals surface area contributed by atoms with Gasteiger partial charge in [0.1, 0.15) is 11.4 Å². The molecule has 0 unspecified atom stereocenters. The lowest BCUT2D eigenvalue weighted by Gasteiger charge is -2.34. The van der Waals surface area contributed by atoms with Crippen LogP contribution in [0.4, 0.5) is 21.7 Å². The highest BCUT2D eigenvalue weighted by Crippen LogP contribution is 2.36. The van der Waals surface area contributed by atoms with E-state index < -0.39 is 11.4 Å². The molecule has 3 aromatic heterocycles. The average Bonchev–Trinajstić information content (AvgIpc) is 3.35. The fraction of sp³-hybridized carbons (Fsp3) is 0.346. The summed E-state index contributed by atoms with van der Waals surface area (Å²) >= 11 is 0. The first-order valence-electron chi connectivity index (χ1n) is 11.9. The lowest BCUT2D eigenvalue weighted by molar-refractivity contribution is 0.0553. The van der Waals surface area contributed by atoms with Gasteiger partial charge in [-0.05, 0) is 62.7 Å². The zero-order chi connectivity index (χ0) is 24.2. The van der Waals surface area contributed by atoms with Crippen LogP contribution in [-0.2, 0) is 12.0 Å². The number of anilines is 3. The molecule has 9 heteroatoms. The van der Waals surface area contributed by atoms with Crippen LogP contribution in [0.5, 0.6) is 0 Å². The molecule has 1 aromatic carbocycles. The summed E-state index contributed by atoms with van der Waals surface area (Å²) in [4.78, 5) is 18.3. The van der Waals surface area contributed by atoms with Crippen molar-refractivity contribution in [3.63, 3.8) is 0 Å². The second-order valence-corrected chi connectivity index (χ2v) is 9.69. The van der Waals surface area contributed by atoms with Crippen molar-refractivity contribution in [1.82, 2.24) is 24.4 Å². The van der Waals surface area contributed by atoms with Crippen LogP contribution in [0.25, 0.3) is 16.9 Å². The molecule has 4 aromatic rings. The smallest absolute Gasteiger partial charge is 0.229 e. The van der Waals surface area contributed by atoms with Gasteiger partial charge in [0.05, 0.1) is 11.1 Å². The molecule has 4 heterocycles. The van der Waals surface area contributed by atoms with E-state index in [0.717, 1.165) is 43.9 Å². The van der Waals surface area contributed by atoms with Crippen LogP contribution in [-0.4, -0.2) is 62.8 Å². The molecule has 0 spiro atoms. The molecular formula is C26H28FN7O. The zero-order valence-corrected chi connectivity index (χ0v) is 19.9. The number of nitrogens with one attached hydrogen (secondary N) is 1. The molecule has 180 valence electrons. The number of fused-ring (bicyclic) bond motifs is 2. The highest BCUT2D eigenvalue weighted by Gasteiger charge is 2.34. The number of rotatable bonds is 4. The largest absolute Gasteiger partial charge is 0.384 e. The monoisotopic (exact) mass is 473 g/mol. The van der Waals surface area contributed by atoms with Gasteiger partial charge in [0, 0.05) is 49.9 Å². The lowest BCUT2D eigenvalue weighted by atomic mass is 10.0. The molecule has 0 saturated carbocycles. The number of piperazine rings is 1. The Labute approximate surface area is 203 Å². The highest BCUT2D eigenvalue weighted by molar-refractivity contribution is 5.79. The molecule has 1 saturated heterocycles.